The molecule has 0 saturated carbocycles. The SMILES string of the molecule is CCN(CC)[C@@H](C)CCC(=O)c1cc(-c2cnn3ccc(-c4cccs4)nc23)nc(N2CC(F)(F)C2)c1. The molecule has 5 heterocycles. The molecule has 0 amide bonds. The number of fused-ring (bicyclic) bond motifs is 1. The number of rotatable bonds is 10. The van der Waals surface area contributed by atoms with Crippen molar-refractivity contribution < 1.29 is 13.6 Å². The monoisotopic (exact) mass is 524 g/mol. The van der Waals surface area contributed by atoms with E-state index >= 15 is 0 Å². The van der Waals surface area contributed by atoms with Gasteiger partial charge in [0.15, 0.2) is 11.4 Å². The molecule has 7 nitrogen and oxygen atoms in total. The molecule has 1 fully saturated rings. The fourth-order valence-corrected chi connectivity index (χ4v) is 5.47. The molecule has 4 aromatic heterocycles. The molecule has 37 heavy (non-hydrogen) atoms. The summed E-state index contributed by atoms with van der Waals surface area (Å²) in [6, 6.07) is 9.51. The zero-order valence-electron chi connectivity index (χ0n) is 21.2. The Morgan fingerprint density at radius 2 is 1.95 bits per heavy atom. The number of halogens is 2. The van der Waals surface area contributed by atoms with Gasteiger partial charge in [0.2, 0.25) is 0 Å². The molecule has 0 N–H and O–H groups in total. The van der Waals surface area contributed by atoms with Crippen molar-refractivity contribution in [2.75, 3.05) is 31.1 Å². The van der Waals surface area contributed by atoms with Crippen LogP contribution in [0.25, 0.3) is 27.5 Å². The summed E-state index contributed by atoms with van der Waals surface area (Å²) < 4.78 is 29.0. The molecule has 4 aromatic rings. The minimum Gasteiger partial charge on any atom is -0.344 e. The molecule has 1 aliphatic rings. The molecule has 5 rings (SSSR count). The van der Waals surface area contributed by atoms with E-state index in [4.69, 9.17) is 4.98 Å². The molecular formula is C27H30F2N6OS. The van der Waals surface area contributed by atoms with Gasteiger partial charge >= 0.3 is 0 Å². The molecule has 0 radical (unpaired) electrons. The molecule has 0 unspecified atom stereocenters. The average molecular weight is 525 g/mol. The number of pyridine rings is 1. The number of hydrogen-bond donors (Lipinski definition) is 0. The highest BCUT2D eigenvalue weighted by Gasteiger charge is 2.44. The summed E-state index contributed by atoms with van der Waals surface area (Å²) in [6.45, 7) is 7.38. The largest absolute Gasteiger partial charge is 0.344 e. The molecule has 0 aromatic carbocycles. The smallest absolute Gasteiger partial charge is 0.282 e. The fraction of sp³-hybridized carbons (Fsp3) is 0.407. The van der Waals surface area contributed by atoms with Crippen LogP contribution in [0.5, 0.6) is 0 Å². The second kappa shape index (κ2) is 10.3. The first-order chi connectivity index (χ1) is 17.8. The van der Waals surface area contributed by atoms with Crippen LogP contribution in [-0.2, 0) is 0 Å². The number of nitrogens with zero attached hydrogens (tertiary/aromatic N) is 6. The summed E-state index contributed by atoms with van der Waals surface area (Å²) in [5.74, 6) is -2.40. The van der Waals surface area contributed by atoms with Gasteiger partial charge in [0.1, 0.15) is 5.82 Å². The molecule has 10 heteroatoms. The van der Waals surface area contributed by atoms with Gasteiger partial charge in [0.05, 0.1) is 41.1 Å². The van der Waals surface area contributed by atoms with Gasteiger partial charge in [-0.25, -0.2) is 23.3 Å². The third kappa shape index (κ3) is 5.26. The Labute approximate surface area is 218 Å². The zero-order chi connectivity index (χ0) is 26.2. The van der Waals surface area contributed by atoms with Crippen LogP contribution in [0, 0.1) is 0 Å². The highest BCUT2D eigenvalue weighted by atomic mass is 32.1. The van der Waals surface area contributed by atoms with Crippen LogP contribution in [0.1, 0.15) is 44.0 Å². The number of alkyl halides is 2. The van der Waals surface area contributed by atoms with Crippen molar-refractivity contribution in [3.05, 3.63) is 53.7 Å². The maximum absolute atomic E-state index is 13.7. The highest BCUT2D eigenvalue weighted by Crippen LogP contribution is 2.34. The normalized spacial score (nSPS) is 15.8. The van der Waals surface area contributed by atoms with Gasteiger partial charge in [-0.3, -0.25) is 4.79 Å². The van der Waals surface area contributed by atoms with E-state index in [0.717, 1.165) is 30.1 Å². The topological polar surface area (TPSA) is 66.6 Å². The van der Waals surface area contributed by atoms with Crippen LogP contribution in [0.15, 0.2) is 48.1 Å². The maximum Gasteiger partial charge on any atom is 0.282 e. The van der Waals surface area contributed by atoms with Crippen LogP contribution in [0.3, 0.4) is 0 Å². The number of aromatic nitrogens is 4. The molecule has 1 atom stereocenters. The Bertz CT molecular complexity index is 1390. The molecule has 1 saturated heterocycles. The van der Waals surface area contributed by atoms with E-state index in [1.807, 2.05) is 29.8 Å². The summed E-state index contributed by atoms with van der Waals surface area (Å²) in [6.07, 6.45) is 4.58. The van der Waals surface area contributed by atoms with E-state index in [9.17, 15) is 13.6 Å². The van der Waals surface area contributed by atoms with Gasteiger partial charge in [0, 0.05) is 24.2 Å². The second-order valence-electron chi connectivity index (χ2n) is 9.46. The van der Waals surface area contributed by atoms with E-state index in [1.165, 1.54) is 4.90 Å². The number of Topliss-reactive ketones (excluding diaryl/α,β-unsaturated/α-hetero) is 1. The number of carbonyl (C=O) groups is 1. The van der Waals surface area contributed by atoms with E-state index in [1.54, 1.807) is 34.2 Å². The summed E-state index contributed by atoms with van der Waals surface area (Å²) in [5, 5.41) is 6.41. The molecule has 194 valence electrons. The van der Waals surface area contributed by atoms with Crippen LogP contribution in [0.4, 0.5) is 14.6 Å². The lowest BCUT2D eigenvalue weighted by atomic mass is 10.0. The van der Waals surface area contributed by atoms with Crippen LogP contribution in [-0.4, -0.2) is 68.4 Å². The number of hydrogen-bond acceptors (Lipinski definition) is 7. The average Bonchev–Trinajstić information content (AvgIpc) is 3.56. The Kier molecular flexibility index (Phi) is 7.04. The lowest BCUT2D eigenvalue weighted by molar-refractivity contribution is -0.0266. The van der Waals surface area contributed by atoms with Crippen molar-refractivity contribution in [1.29, 1.82) is 0 Å². The van der Waals surface area contributed by atoms with Crippen LogP contribution < -0.4 is 4.90 Å². The van der Waals surface area contributed by atoms with Gasteiger partial charge in [0.25, 0.3) is 5.92 Å². The first-order valence-corrected chi connectivity index (χ1v) is 13.5. The van der Waals surface area contributed by atoms with Crippen molar-refractivity contribution in [2.45, 2.75) is 45.6 Å². The van der Waals surface area contributed by atoms with E-state index in [-0.39, 0.29) is 11.8 Å². The van der Waals surface area contributed by atoms with Gasteiger partial charge in [-0.2, -0.15) is 5.10 Å². The minimum absolute atomic E-state index is 0.0279. The van der Waals surface area contributed by atoms with Crippen LogP contribution >= 0.6 is 11.3 Å². The molecular weight excluding hydrogens is 494 g/mol. The third-order valence-electron chi connectivity index (χ3n) is 6.95. The quantitative estimate of drug-likeness (QED) is 0.249. The predicted octanol–water partition coefficient (Wildman–Crippen LogP) is 5.67. The molecule has 0 spiro atoms. The van der Waals surface area contributed by atoms with Gasteiger partial charge < -0.3 is 9.80 Å². The Morgan fingerprint density at radius 1 is 1.16 bits per heavy atom. The fourth-order valence-electron chi connectivity index (χ4n) is 4.78. The maximum atomic E-state index is 13.7. The number of carbonyl (C=O) groups excluding carboxylic acids is 1. The summed E-state index contributed by atoms with van der Waals surface area (Å²) in [5.41, 5.74) is 3.02. The molecule has 1 aliphatic heterocycles. The van der Waals surface area contributed by atoms with Crippen molar-refractivity contribution in [2.24, 2.45) is 0 Å². The molecule has 0 aliphatic carbocycles. The van der Waals surface area contributed by atoms with Crippen molar-refractivity contribution in [3.63, 3.8) is 0 Å². The van der Waals surface area contributed by atoms with E-state index in [2.05, 4.69) is 35.8 Å². The number of anilines is 1. The minimum atomic E-state index is -2.75. The Morgan fingerprint density at radius 3 is 2.62 bits per heavy atom. The van der Waals surface area contributed by atoms with E-state index in [0.29, 0.717) is 34.7 Å². The van der Waals surface area contributed by atoms with Crippen LogP contribution in [0.2, 0.25) is 0 Å². The third-order valence-corrected chi connectivity index (χ3v) is 7.84. The summed E-state index contributed by atoms with van der Waals surface area (Å²) in [7, 11) is 0. The summed E-state index contributed by atoms with van der Waals surface area (Å²) >= 11 is 1.59. The van der Waals surface area contributed by atoms with Gasteiger partial charge in [-0.15, -0.1) is 11.3 Å². The molecule has 0 bridgehead atoms. The van der Waals surface area contributed by atoms with Crippen molar-refractivity contribution >= 4 is 28.6 Å². The highest BCUT2D eigenvalue weighted by molar-refractivity contribution is 7.13. The predicted molar refractivity (Wildman–Crippen MR) is 143 cm³/mol. The van der Waals surface area contributed by atoms with E-state index < -0.39 is 19.0 Å². The van der Waals surface area contributed by atoms with Gasteiger partial charge in [-0.1, -0.05) is 19.9 Å². The first kappa shape index (κ1) is 25.4. The van der Waals surface area contributed by atoms with Crippen molar-refractivity contribution in [1.82, 2.24) is 24.5 Å². The number of ketones is 1. The Hall–Kier alpha value is -3.24. The Balaban J connectivity index is 1.50. The van der Waals surface area contributed by atoms with Gasteiger partial charge in [-0.05, 0) is 56.1 Å². The lowest BCUT2D eigenvalue weighted by Gasteiger charge is -2.39. The summed E-state index contributed by atoms with van der Waals surface area (Å²) in [4.78, 5) is 27.6. The lowest BCUT2D eigenvalue weighted by Crippen LogP contribution is -2.56. The van der Waals surface area contributed by atoms with Crippen molar-refractivity contribution in [3.8, 4) is 21.8 Å². The second-order valence-corrected chi connectivity index (χ2v) is 10.4. The number of thiophene rings is 1. The standard InChI is InChI=1S/C27H30F2N6OS/c1-4-33(5-2)18(3)8-9-23(36)19-13-22(31-25(14-19)34-16-27(28,29)17-34)20-15-30-35-11-10-21(32-26(20)35)24-7-6-12-37-24/h6-7,10-15,18H,4-5,8-9,16-17H2,1-3H3/t18-/m0/s1. The zero-order valence-corrected chi connectivity index (χ0v) is 22.0. The first-order valence-electron chi connectivity index (χ1n) is 12.6.